The molecule has 0 unspecified atom stereocenters. The Hall–Kier alpha value is -3.21. The average Bonchev–Trinajstić information content (AvgIpc) is 3.23. The van der Waals surface area contributed by atoms with Gasteiger partial charge in [0.15, 0.2) is 0 Å². The van der Waals surface area contributed by atoms with Gasteiger partial charge in [-0.3, -0.25) is 4.79 Å². The maximum Gasteiger partial charge on any atom is 0.246 e. The zero-order valence-corrected chi connectivity index (χ0v) is 18.2. The Bertz CT molecular complexity index is 1110. The lowest BCUT2D eigenvalue weighted by Gasteiger charge is -2.55. The molecule has 0 atom stereocenters. The average molecular weight is 425 g/mol. The summed E-state index contributed by atoms with van der Waals surface area (Å²) in [4.78, 5) is 13.2. The van der Waals surface area contributed by atoms with Crippen molar-refractivity contribution in [1.29, 1.82) is 0 Å². The number of aromatic nitrogens is 2. The minimum atomic E-state index is -0.192. The highest BCUT2D eigenvalue weighted by Crippen LogP contribution is 2.60. The summed E-state index contributed by atoms with van der Waals surface area (Å²) in [6.07, 6.45) is 10.8. The van der Waals surface area contributed by atoms with E-state index in [2.05, 4.69) is 10.5 Å². The summed E-state index contributed by atoms with van der Waals surface area (Å²) in [5.41, 5.74) is 6.46. The van der Waals surface area contributed by atoms with Gasteiger partial charge in [-0.1, -0.05) is 48.5 Å². The van der Waals surface area contributed by atoms with Crippen LogP contribution in [0.3, 0.4) is 0 Å². The third-order valence-corrected chi connectivity index (χ3v) is 7.70. The van der Waals surface area contributed by atoms with Crippen LogP contribution in [-0.2, 0) is 4.79 Å². The van der Waals surface area contributed by atoms with Gasteiger partial charge in [-0.15, -0.1) is 0 Å². The molecule has 3 aromatic rings. The van der Waals surface area contributed by atoms with Crippen molar-refractivity contribution in [3.05, 3.63) is 72.4 Å². The Kier molecular flexibility index (Phi) is 4.71. The molecule has 1 heterocycles. The van der Waals surface area contributed by atoms with Gasteiger partial charge >= 0.3 is 0 Å². The minimum Gasteiger partial charge on any atom is -0.273 e. The highest BCUT2D eigenvalue weighted by Gasteiger charge is 2.54. The van der Waals surface area contributed by atoms with Crippen LogP contribution in [-0.4, -0.2) is 21.9 Å². The zero-order valence-electron chi connectivity index (χ0n) is 18.2. The molecule has 1 aromatic heterocycles. The van der Waals surface area contributed by atoms with Crippen LogP contribution in [0, 0.1) is 23.2 Å². The Morgan fingerprint density at radius 1 is 0.938 bits per heavy atom. The van der Waals surface area contributed by atoms with Gasteiger partial charge in [0.2, 0.25) is 5.91 Å². The summed E-state index contributed by atoms with van der Waals surface area (Å²) in [6.45, 7) is 0. The molecule has 32 heavy (non-hydrogen) atoms. The summed E-state index contributed by atoms with van der Waals surface area (Å²) >= 11 is 0. The molecule has 5 nitrogen and oxygen atoms in total. The lowest BCUT2D eigenvalue weighted by atomic mass is 9.49. The number of carbonyl (C=O) groups is 1. The SMILES string of the molecule is O=C(NN=Cc1cn(-c2ccccc2)nc1-c1ccccc1)C12CC3CC(CC(C3)C1)C2. The summed E-state index contributed by atoms with van der Waals surface area (Å²) in [5.74, 6) is 2.34. The fourth-order valence-corrected chi connectivity index (χ4v) is 6.68. The van der Waals surface area contributed by atoms with E-state index < -0.39 is 0 Å². The number of nitrogens with zero attached hydrogens (tertiary/aromatic N) is 3. The van der Waals surface area contributed by atoms with Crippen molar-refractivity contribution >= 4 is 12.1 Å². The third-order valence-electron chi connectivity index (χ3n) is 7.70. The number of amides is 1. The van der Waals surface area contributed by atoms with Gasteiger partial charge in [-0.25, -0.2) is 10.1 Å². The maximum absolute atomic E-state index is 13.2. The Labute approximate surface area is 188 Å². The Morgan fingerprint density at radius 3 is 2.16 bits per heavy atom. The maximum atomic E-state index is 13.2. The number of hydrogen-bond acceptors (Lipinski definition) is 3. The highest BCUT2D eigenvalue weighted by atomic mass is 16.2. The molecule has 0 aliphatic heterocycles. The molecule has 162 valence electrons. The summed E-state index contributed by atoms with van der Waals surface area (Å²) < 4.78 is 1.87. The number of carbonyl (C=O) groups excluding carboxylic acids is 1. The molecular formula is C27H28N4O. The lowest BCUT2D eigenvalue weighted by molar-refractivity contribution is -0.146. The lowest BCUT2D eigenvalue weighted by Crippen LogP contribution is -2.52. The van der Waals surface area contributed by atoms with Gasteiger partial charge in [0.25, 0.3) is 0 Å². The number of hydrogen-bond donors (Lipinski definition) is 1. The molecule has 4 aliphatic carbocycles. The van der Waals surface area contributed by atoms with Gasteiger partial charge in [0.1, 0.15) is 5.69 Å². The second-order valence-corrected chi connectivity index (χ2v) is 9.98. The van der Waals surface area contributed by atoms with Crippen molar-refractivity contribution in [2.75, 3.05) is 0 Å². The van der Waals surface area contributed by atoms with E-state index in [4.69, 9.17) is 5.10 Å². The minimum absolute atomic E-state index is 0.115. The predicted molar refractivity (Wildman–Crippen MR) is 125 cm³/mol. The van der Waals surface area contributed by atoms with E-state index in [1.165, 1.54) is 19.3 Å². The second-order valence-electron chi connectivity index (χ2n) is 9.98. The molecule has 0 saturated heterocycles. The van der Waals surface area contributed by atoms with Crippen molar-refractivity contribution in [1.82, 2.24) is 15.2 Å². The Balaban J connectivity index is 1.26. The van der Waals surface area contributed by atoms with Crippen LogP contribution in [0.1, 0.15) is 44.1 Å². The van der Waals surface area contributed by atoms with Crippen molar-refractivity contribution in [2.24, 2.45) is 28.3 Å². The first-order chi connectivity index (χ1) is 15.7. The van der Waals surface area contributed by atoms with Crippen LogP contribution in [0.2, 0.25) is 0 Å². The van der Waals surface area contributed by atoms with Crippen molar-refractivity contribution in [3.8, 4) is 16.9 Å². The molecule has 7 rings (SSSR count). The molecular weight excluding hydrogens is 396 g/mol. The Morgan fingerprint density at radius 2 is 1.53 bits per heavy atom. The molecule has 1 amide bonds. The molecule has 2 aromatic carbocycles. The molecule has 0 spiro atoms. The van der Waals surface area contributed by atoms with Crippen LogP contribution in [0.4, 0.5) is 0 Å². The van der Waals surface area contributed by atoms with Crippen LogP contribution < -0.4 is 5.43 Å². The third kappa shape index (κ3) is 3.46. The quantitative estimate of drug-likeness (QED) is 0.452. The van der Waals surface area contributed by atoms with Gasteiger partial charge in [-0.05, 0) is 68.4 Å². The number of para-hydroxylation sites is 1. The van der Waals surface area contributed by atoms with E-state index in [0.29, 0.717) is 0 Å². The van der Waals surface area contributed by atoms with Crippen molar-refractivity contribution in [2.45, 2.75) is 38.5 Å². The number of benzene rings is 2. The second kappa shape index (κ2) is 7.73. The van der Waals surface area contributed by atoms with E-state index in [-0.39, 0.29) is 11.3 Å². The van der Waals surface area contributed by atoms with E-state index >= 15 is 0 Å². The molecule has 4 fully saturated rings. The van der Waals surface area contributed by atoms with E-state index in [9.17, 15) is 4.79 Å². The van der Waals surface area contributed by atoms with Crippen LogP contribution in [0.5, 0.6) is 0 Å². The van der Waals surface area contributed by atoms with E-state index in [1.807, 2.05) is 71.5 Å². The fraction of sp³-hybridized carbons (Fsp3) is 0.370. The van der Waals surface area contributed by atoms with Gasteiger partial charge in [0, 0.05) is 17.3 Å². The molecule has 1 N–H and O–H groups in total. The van der Waals surface area contributed by atoms with Gasteiger partial charge < -0.3 is 0 Å². The normalized spacial score (nSPS) is 28.3. The number of nitrogens with one attached hydrogen (secondary N) is 1. The summed E-state index contributed by atoms with van der Waals surface area (Å²) in [7, 11) is 0. The number of hydrazone groups is 1. The highest BCUT2D eigenvalue weighted by molar-refractivity contribution is 5.90. The molecule has 4 aliphatic rings. The molecule has 5 heteroatoms. The molecule has 0 radical (unpaired) electrons. The number of rotatable bonds is 5. The first-order valence-electron chi connectivity index (χ1n) is 11.7. The fourth-order valence-electron chi connectivity index (χ4n) is 6.68. The van der Waals surface area contributed by atoms with Crippen LogP contribution >= 0.6 is 0 Å². The van der Waals surface area contributed by atoms with Crippen LogP contribution in [0.15, 0.2) is 72.0 Å². The van der Waals surface area contributed by atoms with Crippen molar-refractivity contribution in [3.63, 3.8) is 0 Å². The van der Waals surface area contributed by atoms with Crippen molar-refractivity contribution < 1.29 is 4.79 Å². The first kappa shape index (κ1) is 19.5. The summed E-state index contributed by atoms with van der Waals surface area (Å²) in [6, 6.07) is 20.1. The topological polar surface area (TPSA) is 59.3 Å². The van der Waals surface area contributed by atoms with Crippen LogP contribution in [0.25, 0.3) is 16.9 Å². The predicted octanol–water partition coefficient (Wildman–Crippen LogP) is 5.21. The van der Waals surface area contributed by atoms with Gasteiger partial charge in [-0.2, -0.15) is 10.2 Å². The van der Waals surface area contributed by atoms with E-state index in [1.54, 1.807) is 6.21 Å². The standard InChI is InChI=1S/C27H28N4O/c32-26(27-14-19-11-20(15-27)13-21(12-19)16-27)29-28-17-23-18-31(24-9-5-2-6-10-24)30-25(23)22-7-3-1-4-8-22/h1-10,17-21H,11-16H2,(H,29,32). The first-order valence-corrected chi connectivity index (χ1v) is 11.7. The van der Waals surface area contributed by atoms with E-state index in [0.717, 1.165) is 59.5 Å². The molecule has 4 saturated carbocycles. The van der Waals surface area contributed by atoms with Gasteiger partial charge in [0.05, 0.1) is 17.3 Å². The molecule has 4 bridgehead atoms. The smallest absolute Gasteiger partial charge is 0.246 e. The largest absolute Gasteiger partial charge is 0.273 e. The monoisotopic (exact) mass is 424 g/mol. The summed E-state index contributed by atoms with van der Waals surface area (Å²) in [5, 5.41) is 9.23. The zero-order chi connectivity index (χ0) is 21.5.